The molecule has 1 atom stereocenters. The lowest BCUT2D eigenvalue weighted by atomic mass is 10.1. The predicted molar refractivity (Wildman–Crippen MR) is 68.0 cm³/mol. The lowest BCUT2D eigenvalue weighted by molar-refractivity contribution is -0.119. The second-order valence-electron chi connectivity index (χ2n) is 4.13. The maximum absolute atomic E-state index is 11.6. The first kappa shape index (κ1) is 13.8. The molecule has 6 heteroatoms. The molecule has 2 N–H and O–H groups in total. The minimum atomic E-state index is -0.210. The fraction of sp³-hybridized carbons (Fsp3) is 0.545. The van der Waals surface area contributed by atoms with Crippen LogP contribution >= 0.6 is 11.8 Å². The van der Waals surface area contributed by atoms with Crippen molar-refractivity contribution in [3.63, 3.8) is 0 Å². The van der Waals surface area contributed by atoms with E-state index in [4.69, 9.17) is 0 Å². The summed E-state index contributed by atoms with van der Waals surface area (Å²) in [6.45, 7) is 6.07. The molecule has 0 spiro atoms. The van der Waals surface area contributed by atoms with Gasteiger partial charge in [-0.3, -0.25) is 9.59 Å². The van der Waals surface area contributed by atoms with Crippen LogP contribution in [0.25, 0.3) is 0 Å². The van der Waals surface area contributed by atoms with Crippen molar-refractivity contribution < 1.29 is 4.79 Å². The molecular weight excluding hydrogens is 238 g/mol. The SMILES string of the molecule is CC(C)[C@H](C)NC(=O)CSc1nccc(=O)[nH]1. The smallest absolute Gasteiger partial charge is 0.251 e. The van der Waals surface area contributed by atoms with Gasteiger partial charge in [-0.1, -0.05) is 25.6 Å². The van der Waals surface area contributed by atoms with Gasteiger partial charge in [-0.25, -0.2) is 4.98 Å². The molecule has 1 amide bonds. The Morgan fingerprint density at radius 1 is 1.53 bits per heavy atom. The number of amides is 1. The van der Waals surface area contributed by atoms with Crippen molar-refractivity contribution in [3.8, 4) is 0 Å². The number of carbonyl (C=O) groups excluding carboxylic acids is 1. The second-order valence-corrected chi connectivity index (χ2v) is 5.09. The Morgan fingerprint density at radius 3 is 2.82 bits per heavy atom. The first-order chi connectivity index (χ1) is 7.99. The molecule has 0 bridgehead atoms. The highest BCUT2D eigenvalue weighted by atomic mass is 32.2. The number of rotatable bonds is 5. The van der Waals surface area contributed by atoms with Crippen LogP contribution in [0.15, 0.2) is 22.2 Å². The van der Waals surface area contributed by atoms with E-state index in [9.17, 15) is 9.59 Å². The van der Waals surface area contributed by atoms with Crippen LogP contribution in [-0.4, -0.2) is 27.7 Å². The predicted octanol–water partition coefficient (Wildman–Crippen LogP) is 1.02. The van der Waals surface area contributed by atoms with Crippen LogP contribution in [0.4, 0.5) is 0 Å². The van der Waals surface area contributed by atoms with E-state index in [-0.39, 0.29) is 23.3 Å². The highest BCUT2D eigenvalue weighted by Gasteiger charge is 2.11. The van der Waals surface area contributed by atoms with Gasteiger partial charge in [0.05, 0.1) is 5.75 Å². The zero-order valence-corrected chi connectivity index (χ0v) is 11.0. The number of aromatic nitrogens is 2. The summed E-state index contributed by atoms with van der Waals surface area (Å²) in [6.07, 6.45) is 1.43. The normalized spacial score (nSPS) is 12.5. The van der Waals surface area contributed by atoms with Gasteiger partial charge in [0.2, 0.25) is 5.91 Å². The highest BCUT2D eigenvalue weighted by molar-refractivity contribution is 7.99. The largest absolute Gasteiger partial charge is 0.353 e. The number of H-pyrrole nitrogens is 1. The summed E-state index contributed by atoms with van der Waals surface area (Å²) in [5.41, 5.74) is -0.210. The summed E-state index contributed by atoms with van der Waals surface area (Å²) < 4.78 is 0. The zero-order valence-electron chi connectivity index (χ0n) is 10.2. The fourth-order valence-electron chi connectivity index (χ4n) is 1.02. The van der Waals surface area contributed by atoms with E-state index in [1.165, 1.54) is 24.0 Å². The maximum atomic E-state index is 11.6. The number of aromatic amines is 1. The Labute approximate surface area is 104 Å². The maximum Gasteiger partial charge on any atom is 0.251 e. The first-order valence-corrected chi connectivity index (χ1v) is 6.45. The van der Waals surface area contributed by atoms with Gasteiger partial charge in [-0.2, -0.15) is 0 Å². The number of hydrogen-bond acceptors (Lipinski definition) is 4. The van der Waals surface area contributed by atoms with Crippen LogP contribution in [0.2, 0.25) is 0 Å². The van der Waals surface area contributed by atoms with E-state index in [1.807, 2.05) is 20.8 Å². The van der Waals surface area contributed by atoms with Crippen LogP contribution in [0, 0.1) is 5.92 Å². The Kier molecular flexibility index (Phi) is 5.21. The van der Waals surface area contributed by atoms with Crippen molar-refractivity contribution in [2.45, 2.75) is 32.0 Å². The van der Waals surface area contributed by atoms with Crippen molar-refractivity contribution in [1.82, 2.24) is 15.3 Å². The fourth-order valence-corrected chi connectivity index (χ4v) is 1.68. The lowest BCUT2D eigenvalue weighted by Gasteiger charge is -2.16. The Hall–Kier alpha value is -1.30. The number of thioether (sulfide) groups is 1. The number of nitrogens with one attached hydrogen (secondary N) is 2. The van der Waals surface area contributed by atoms with Crippen LogP contribution in [0.3, 0.4) is 0 Å². The molecule has 0 fully saturated rings. The first-order valence-electron chi connectivity index (χ1n) is 5.46. The lowest BCUT2D eigenvalue weighted by Crippen LogP contribution is -2.37. The summed E-state index contributed by atoms with van der Waals surface area (Å²) in [5.74, 6) is 0.602. The van der Waals surface area contributed by atoms with E-state index in [0.717, 1.165) is 0 Å². The summed E-state index contributed by atoms with van der Waals surface area (Å²) in [7, 11) is 0. The molecule has 0 unspecified atom stereocenters. The minimum Gasteiger partial charge on any atom is -0.353 e. The average molecular weight is 255 g/mol. The molecule has 0 aromatic carbocycles. The molecule has 0 saturated carbocycles. The molecule has 1 aromatic rings. The van der Waals surface area contributed by atoms with Crippen molar-refractivity contribution in [3.05, 3.63) is 22.6 Å². The Morgan fingerprint density at radius 2 is 2.24 bits per heavy atom. The molecule has 0 aliphatic carbocycles. The Balaban J connectivity index is 2.41. The van der Waals surface area contributed by atoms with Crippen LogP contribution in [0.1, 0.15) is 20.8 Å². The van der Waals surface area contributed by atoms with E-state index < -0.39 is 0 Å². The highest BCUT2D eigenvalue weighted by Crippen LogP contribution is 2.09. The van der Waals surface area contributed by atoms with Crippen LogP contribution in [-0.2, 0) is 4.79 Å². The van der Waals surface area contributed by atoms with E-state index in [1.54, 1.807) is 0 Å². The molecule has 0 aliphatic rings. The van der Waals surface area contributed by atoms with Gasteiger partial charge in [0.15, 0.2) is 5.16 Å². The molecule has 17 heavy (non-hydrogen) atoms. The molecular formula is C11H17N3O2S. The van der Waals surface area contributed by atoms with Gasteiger partial charge in [0, 0.05) is 18.3 Å². The van der Waals surface area contributed by atoms with E-state index in [2.05, 4.69) is 15.3 Å². The van der Waals surface area contributed by atoms with E-state index in [0.29, 0.717) is 11.1 Å². The van der Waals surface area contributed by atoms with E-state index >= 15 is 0 Å². The summed E-state index contributed by atoms with van der Waals surface area (Å²) in [5, 5.41) is 3.35. The average Bonchev–Trinajstić information content (AvgIpc) is 2.26. The van der Waals surface area contributed by atoms with Crippen LogP contribution in [0.5, 0.6) is 0 Å². The molecule has 5 nitrogen and oxygen atoms in total. The van der Waals surface area contributed by atoms with Gasteiger partial charge in [-0.05, 0) is 12.8 Å². The number of nitrogens with zero attached hydrogens (tertiary/aromatic N) is 1. The third-order valence-electron chi connectivity index (χ3n) is 2.38. The van der Waals surface area contributed by atoms with Crippen molar-refractivity contribution in [2.24, 2.45) is 5.92 Å². The van der Waals surface area contributed by atoms with Crippen LogP contribution < -0.4 is 10.9 Å². The summed E-state index contributed by atoms with van der Waals surface area (Å²) in [6, 6.07) is 1.48. The molecule has 1 heterocycles. The molecule has 0 saturated heterocycles. The zero-order chi connectivity index (χ0) is 12.8. The third-order valence-corrected chi connectivity index (χ3v) is 3.26. The molecule has 0 radical (unpaired) electrons. The number of hydrogen-bond donors (Lipinski definition) is 2. The van der Waals surface area contributed by atoms with Crippen molar-refractivity contribution in [2.75, 3.05) is 5.75 Å². The summed E-state index contributed by atoms with van der Waals surface area (Å²) in [4.78, 5) is 29.1. The van der Waals surface area contributed by atoms with Gasteiger partial charge < -0.3 is 10.3 Å². The van der Waals surface area contributed by atoms with Gasteiger partial charge in [0.1, 0.15) is 0 Å². The van der Waals surface area contributed by atoms with Crippen molar-refractivity contribution >= 4 is 17.7 Å². The monoisotopic (exact) mass is 255 g/mol. The molecule has 1 rings (SSSR count). The minimum absolute atomic E-state index is 0.0531. The quantitative estimate of drug-likeness (QED) is 0.608. The topological polar surface area (TPSA) is 74.8 Å². The third kappa shape index (κ3) is 5.04. The van der Waals surface area contributed by atoms with Gasteiger partial charge in [-0.15, -0.1) is 0 Å². The summed E-state index contributed by atoms with van der Waals surface area (Å²) >= 11 is 1.22. The standard InChI is InChI=1S/C11H17N3O2S/c1-7(2)8(3)13-10(16)6-17-11-12-5-4-9(15)14-11/h4-5,7-8H,6H2,1-3H3,(H,13,16)(H,12,14,15)/t8-/m0/s1. The molecule has 94 valence electrons. The Bertz CT molecular complexity index is 431. The van der Waals surface area contributed by atoms with Crippen molar-refractivity contribution in [1.29, 1.82) is 0 Å². The molecule has 0 aliphatic heterocycles. The molecule has 1 aromatic heterocycles. The second kappa shape index (κ2) is 6.44. The number of carbonyl (C=O) groups is 1. The van der Waals surface area contributed by atoms with Gasteiger partial charge in [0.25, 0.3) is 5.56 Å². The van der Waals surface area contributed by atoms with Gasteiger partial charge >= 0.3 is 0 Å².